The number of anilines is 1. The lowest BCUT2D eigenvalue weighted by Crippen LogP contribution is -2.24. The fourth-order valence-electron chi connectivity index (χ4n) is 1.95. The third kappa shape index (κ3) is 5.23. The molecule has 1 atom stereocenters. The van der Waals surface area contributed by atoms with Gasteiger partial charge in [-0.15, -0.1) is 24.2 Å². The summed E-state index contributed by atoms with van der Waals surface area (Å²) in [6.45, 7) is 3.55. The van der Waals surface area contributed by atoms with Crippen molar-refractivity contribution in [1.29, 1.82) is 0 Å². The minimum Gasteiger partial charge on any atom is -0.334 e. The van der Waals surface area contributed by atoms with Crippen molar-refractivity contribution in [2.75, 3.05) is 18.6 Å². The topological polar surface area (TPSA) is 80.0 Å². The van der Waals surface area contributed by atoms with Crippen molar-refractivity contribution in [1.82, 2.24) is 15.5 Å². The van der Waals surface area contributed by atoms with E-state index < -0.39 is 0 Å². The van der Waals surface area contributed by atoms with Crippen LogP contribution in [-0.4, -0.2) is 35.4 Å². The van der Waals surface area contributed by atoms with Crippen molar-refractivity contribution in [3.63, 3.8) is 0 Å². The first-order chi connectivity index (χ1) is 10.5. The van der Waals surface area contributed by atoms with Crippen LogP contribution in [0.4, 0.5) is 5.69 Å². The molecule has 1 aromatic heterocycles. The highest BCUT2D eigenvalue weighted by molar-refractivity contribution is 7.98. The Morgan fingerprint density at radius 2 is 2.17 bits per heavy atom. The highest BCUT2D eigenvalue weighted by atomic mass is 35.5. The van der Waals surface area contributed by atoms with E-state index in [-0.39, 0.29) is 24.4 Å². The number of carbonyl (C=O) groups is 1. The Morgan fingerprint density at radius 1 is 1.43 bits per heavy atom. The molecule has 2 aromatic rings. The lowest BCUT2D eigenvalue weighted by Gasteiger charge is -2.08. The molecule has 1 aromatic carbocycles. The summed E-state index contributed by atoms with van der Waals surface area (Å²) in [5.74, 6) is 1.07. The first-order valence-electron chi connectivity index (χ1n) is 6.99. The number of aromatic nitrogens is 2. The van der Waals surface area contributed by atoms with Crippen LogP contribution in [0.1, 0.15) is 19.7 Å². The average Bonchev–Trinajstić information content (AvgIpc) is 2.95. The molecule has 0 aliphatic rings. The van der Waals surface area contributed by atoms with Gasteiger partial charge in [0.1, 0.15) is 0 Å². The second kappa shape index (κ2) is 8.90. The first-order valence-corrected chi connectivity index (χ1v) is 8.21. The summed E-state index contributed by atoms with van der Waals surface area (Å²) in [5, 5.41) is 9.95. The van der Waals surface area contributed by atoms with Gasteiger partial charge in [0.25, 0.3) is 5.89 Å². The van der Waals surface area contributed by atoms with Gasteiger partial charge in [0.05, 0.1) is 5.69 Å². The quantitative estimate of drug-likeness (QED) is 0.774. The van der Waals surface area contributed by atoms with Crippen LogP contribution in [0.15, 0.2) is 27.6 Å². The predicted octanol–water partition coefficient (Wildman–Crippen LogP) is 2.99. The van der Waals surface area contributed by atoms with Gasteiger partial charge < -0.3 is 15.2 Å². The van der Waals surface area contributed by atoms with Crippen LogP contribution in [0.3, 0.4) is 0 Å². The fourth-order valence-corrected chi connectivity index (χ4v) is 2.53. The van der Waals surface area contributed by atoms with Gasteiger partial charge in [-0.05, 0) is 38.4 Å². The molecule has 0 saturated heterocycles. The van der Waals surface area contributed by atoms with Crippen LogP contribution in [0.25, 0.3) is 11.5 Å². The van der Waals surface area contributed by atoms with Crippen molar-refractivity contribution in [3.05, 3.63) is 24.0 Å². The first kappa shape index (κ1) is 19.5. The third-order valence-electron chi connectivity index (χ3n) is 3.21. The minimum absolute atomic E-state index is 0. The number of halogens is 1. The van der Waals surface area contributed by atoms with E-state index in [1.807, 2.05) is 31.5 Å². The molecule has 1 unspecified atom stereocenters. The van der Waals surface area contributed by atoms with Crippen molar-refractivity contribution >= 4 is 35.8 Å². The Kier molecular flexibility index (Phi) is 7.54. The predicted molar refractivity (Wildman–Crippen MR) is 95.3 cm³/mol. The van der Waals surface area contributed by atoms with Gasteiger partial charge in [0.2, 0.25) is 5.91 Å². The van der Waals surface area contributed by atoms with Gasteiger partial charge in [0, 0.05) is 29.8 Å². The monoisotopic (exact) mass is 356 g/mol. The summed E-state index contributed by atoms with van der Waals surface area (Å²) in [6, 6.07) is 5.94. The highest BCUT2D eigenvalue weighted by Gasteiger charge is 2.13. The maximum atomic E-state index is 11.2. The molecule has 1 heterocycles. The van der Waals surface area contributed by atoms with E-state index in [2.05, 4.69) is 27.7 Å². The summed E-state index contributed by atoms with van der Waals surface area (Å²) < 4.78 is 5.33. The Balaban J connectivity index is 0.00000264. The van der Waals surface area contributed by atoms with Crippen LogP contribution < -0.4 is 10.6 Å². The largest absolute Gasteiger partial charge is 0.334 e. The summed E-state index contributed by atoms with van der Waals surface area (Å²) >= 11 is 1.55. The Morgan fingerprint density at radius 3 is 2.78 bits per heavy atom. The van der Waals surface area contributed by atoms with Crippen molar-refractivity contribution < 1.29 is 9.32 Å². The smallest absolute Gasteiger partial charge is 0.257 e. The fraction of sp³-hybridized carbons (Fsp3) is 0.400. The van der Waals surface area contributed by atoms with E-state index in [9.17, 15) is 4.79 Å². The number of carbonyl (C=O) groups excluding carboxylic acids is 1. The summed E-state index contributed by atoms with van der Waals surface area (Å²) in [5.41, 5.74) is 1.63. The van der Waals surface area contributed by atoms with Gasteiger partial charge >= 0.3 is 0 Å². The van der Waals surface area contributed by atoms with Crippen LogP contribution in [0.2, 0.25) is 0 Å². The molecule has 0 aliphatic carbocycles. The lowest BCUT2D eigenvalue weighted by atomic mass is 10.2. The van der Waals surface area contributed by atoms with E-state index in [4.69, 9.17) is 4.52 Å². The van der Waals surface area contributed by atoms with E-state index in [0.717, 1.165) is 16.1 Å². The van der Waals surface area contributed by atoms with Gasteiger partial charge in [-0.2, -0.15) is 4.98 Å². The van der Waals surface area contributed by atoms with Gasteiger partial charge in [0.15, 0.2) is 5.82 Å². The average molecular weight is 357 g/mol. The maximum absolute atomic E-state index is 11.2. The van der Waals surface area contributed by atoms with E-state index >= 15 is 0 Å². The Bertz CT molecular complexity index is 663. The summed E-state index contributed by atoms with van der Waals surface area (Å²) in [6.07, 6.45) is 2.66. The molecule has 0 bridgehead atoms. The number of benzene rings is 1. The molecule has 2 rings (SSSR count). The highest BCUT2D eigenvalue weighted by Crippen LogP contribution is 2.30. The summed E-state index contributed by atoms with van der Waals surface area (Å²) in [7, 11) is 1.90. The molecule has 0 radical (unpaired) electrons. The molecular weight excluding hydrogens is 336 g/mol. The number of thioether (sulfide) groups is 1. The zero-order valence-electron chi connectivity index (χ0n) is 13.5. The second-order valence-electron chi connectivity index (χ2n) is 5.01. The van der Waals surface area contributed by atoms with Crippen molar-refractivity contribution in [3.8, 4) is 11.5 Å². The zero-order chi connectivity index (χ0) is 16.1. The van der Waals surface area contributed by atoms with E-state index in [0.29, 0.717) is 18.1 Å². The molecule has 23 heavy (non-hydrogen) atoms. The van der Waals surface area contributed by atoms with Crippen LogP contribution >= 0.6 is 24.2 Å². The Labute approximate surface area is 146 Å². The van der Waals surface area contributed by atoms with Crippen molar-refractivity contribution in [2.45, 2.75) is 31.2 Å². The van der Waals surface area contributed by atoms with E-state index in [1.165, 1.54) is 6.92 Å². The van der Waals surface area contributed by atoms with Gasteiger partial charge in [-0.1, -0.05) is 5.16 Å². The molecular formula is C15H21ClN4O2S. The molecule has 6 nitrogen and oxygen atoms in total. The Hall–Kier alpha value is -1.57. The SMILES string of the molecule is CNC(C)Cc1noc(-c2ccc(NC(C)=O)c(SC)c2)n1.Cl. The molecule has 0 fully saturated rings. The molecule has 0 aliphatic heterocycles. The van der Waals surface area contributed by atoms with Crippen LogP contribution in [-0.2, 0) is 11.2 Å². The molecule has 2 N–H and O–H groups in total. The number of hydrogen-bond acceptors (Lipinski definition) is 6. The van der Waals surface area contributed by atoms with Crippen molar-refractivity contribution in [2.24, 2.45) is 0 Å². The molecule has 1 amide bonds. The molecule has 0 spiro atoms. The normalized spacial score (nSPS) is 11.7. The third-order valence-corrected chi connectivity index (χ3v) is 3.99. The second-order valence-corrected chi connectivity index (χ2v) is 5.85. The number of nitrogens with one attached hydrogen (secondary N) is 2. The zero-order valence-corrected chi connectivity index (χ0v) is 15.2. The number of likely N-dealkylation sites (N-methyl/N-ethyl adjacent to an activating group) is 1. The summed E-state index contributed by atoms with van der Waals surface area (Å²) in [4.78, 5) is 16.6. The maximum Gasteiger partial charge on any atom is 0.257 e. The molecule has 0 saturated carbocycles. The number of nitrogens with zero attached hydrogens (tertiary/aromatic N) is 2. The lowest BCUT2D eigenvalue weighted by molar-refractivity contribution is -0.114. The number of rotatable bonds is 6. The van der Waals surface area contributed by atoms with E-state index in [1.54, 1.807) is 11.8 Å². The standard InChI is InChI=1S/C15H20N4O2S.ClH/c1-9(16-3)7-14-18-15(21-19-14)11-5-6-12(17-10(2)20)13(8-11)22-4;/h5-6,8-9,16H,7H2,1-4H3,(H,17,20);1H. The van der Waals surface area contributed by atoms with Gasteiger partial charge in [-0.25, -0.2) is 0 Å². The number of amides is 1. The van der Waals surface area contributed by atoms with Crippen LogP contribution in [0.5, 0.6) is 0 Å². The molecule has 126 valence electrons. The minimum atomic E-state index is -0.0934. The van der Waals surface area contributed by atoms with Crippen LogP contribution in [0, 0.1) is 0 Å². The van der Waals surface area contributed by atoms with Gasteiger partial charge in [-0.3, -0.25) is 4.79 Å². The molecule has 8 heteroatoms. The number of hydrogen-bond donors (Lipinski definition) is 2.